The Kier molecular flexibility index (Phi) is 6.99. The highest BCUT2D eigenvalue weighted by Gasteiger charge is 2.48. The van der Waals surface area contributed by atoms with Gasteiger partial charge in [-0.3, -0.25) is 0 Å². The van der Waals surface area contributed by atoms with E-state index in [0.29, 0.717) is 33.9 Å². The Morgan fingerprint density at radius 3 is 2.66 bits per heavy atom. The highest BCUT2D eigenvalue weighted by atomic mass is 35.5. The number of benzene rings is 1. The van der Waals surface area contributed by atoms with Crippen LogP contribution in [-0.4, -0.2) is 69.4 Å². The van der Waals surface area contributed by atoms with Crippen LogP contribution in [-0.2, 0) is 22.3 Å². The molecule has 8 nitrogen and oxygen atoms in total. The van der Waals surface area contributed by atoms with Crippen molar-refractivity contribution in [1.29, 1.82) is 0 Å². The molecule has 0 amide bonds. The third kappa shape index (κ3) is 5.03. The van der Waals surface area contributed by atoms with E-state index in [-0.39, 0.29) is 50.3 Å². The molecule has 3 aromatic rings. The number of imidazole rings is 1. The molecule has 0 aliphatic carbocycles. The number of rotatable bonds is 8. The van der Waals surface area contributed by atoms with Crippen molar-refractivity contribution in [2.45, 2.75) is 43.7 Å². The molecule has 2 aliphatic heterocycles. The SMILES string of the molecule is OCC/C=C/c1cc(F)c(CCc2nc3nc(O[C@@H]4CO[C@H]5[C@@H]4OC[C@H]5O)[nH]c3cc2Cl)c(F)c1. The lowest BCUT2D eigenvalue weighted by molar-refractivity contribution is 0.00706. The number of aromatic nitrogens is 3. The number of aliphatic hydroxyl groups is 2. The molecular formula is C24H24ClF2N3O5. The zero-order valence-electron chi connectivity index (χ0n) is 18.6. The lowest BCUT2D eigenvalue weighted by Gasteiger charge is -2.15. The number of halogens is 3. The van der Waals surface area contributed by atoms with Crippen LogP contribution in [0.5, 0.6) is 6.01 Å². The van der Waals surface area contributed by atoms with Gasteiger partial charge in [-0.25, -0.2) is 13.8 Å². The predicted octanol–water partition coefficient (Wildman–Crippen LogP) is 2.98. The molecular weight excluding hydrogens is 484 g/mol. The summed E-state index contributed by atoms with van der Waals surface area (Å²) in [7, 11) is 0. The van der Waals surface area contributed by atoms with Crippen LogP contribution in [0.1, 0.15) is 23.2 Å². The van der Waals surface area contributed by atoms with Crippen LogP contribution in [0.3, 0.4) is 0 Å². The number of fused-ring (bicyclic) bond motifs is 2. The largest absolute Gasteiger partial charge is 0.456 e. The monoisotopic (exact) mass is 507 g/mol. The number of aryl methyl sites for hydroxylation is 1. The van der Waals surface area contributed by atoms with Crippen LogP contribution in [0.4, 0.5) is 8.78 Å². The van der Waals surface area contributed by atoms with Crippen LogP contribution < -0.4 is 4.74 Å². The van der Waals surface area contributed by atoms with E-state index in [4.69, 9.17) is 30.9 Å². The summed E-state index contributed by atoms with van der Waals surface area (Å²) >= 11 is 6.38. The number of hydrogen-bond donors (Lipinski definition) is 3. The van der Waals surface area contributed by atoms with Crippen LogP contribution in [0, 0.1) is 11.6 Å². The molecule has 0 unspecified atom stereocenters. The third-order valence-corrected chi connectivity index (χ3v) is 6.43. The fourth-order valence-electron chi connectivity index (χ4n) is 4.35. The quantitative estimate of drug-likeness (QED) is 0.430. The van der Waals surface area contributed by atoms with Crippen molar-refractivity contribution in [2.24, 2.45) is 0 Å². The van der Waals surface area contributed by atoms with E-state index in [2.05, 4.69) is 15.0 Å². The molecule has 0 spiro atoms. The molecule has 35 heavy (non-hydrogen) atoms. The smallest absolute Gasteiger partial charge is 0.296 e. The zero-order valence-corrected chi connectivity index (χ0v) is 19.3. The fourth-order valence-corrected chi connectivity index (χ4v) is 4.59. The van der Waals surface area contributed by atoms with Crippen molar-refractivity contribution in [1.82, 2.24) is 15.0 Å². The number of aliphatic hydroxyl groups excluding tert-OH is 2. The summed E-state index contributed by atoms with van der Waals surface area (Å²) in [6, 6.07) is 4.37. The second kappa shape index (κ2) is 10.2. The predicted molar refractivity (Wildman–Crippen MR) is 123 cm³/mol. The highest BCUT2D eigenvalue weighted by Crippen LogP contribution is 2.30. The molecule has 3 N–H and O–H groups in total. The minimum atomic E-state index is -0.680. The second-order valence-corrected chi connectivity index (χ2v) is 8.93. The number of ether oxygens (including phenoxy) is 3. The van der Waals surface area contributed by atoms with Crippen LogP contribution >= 0.6 is 11.6 Å². The maximum Gasteiger partial charge on any atom is 0.296 e. The van der Waals surface area contributed by atoms with E-state index in [1.54, 1.807) is 18.2 Å². The zero-order chi connectivity index (χ0) is 24.5. The van der Waals surface area contributed by atoms with Gasteiger partial charge in [0.2, 0.25) is 0 Å². The first-order valence-electron chi connectivity index (χ1n) is 11.3. The summed E-state index contributed by atoms with van der Waals surface area (Å²) in [5, 5.41) is 19.0. The van der Waals surface area contributed by atoms with Gasteiger partial charge in [0.15, 0.2) is 11.8 Å². The van der Waals surface area contributed by atoms with Gasteiger partial charge in [-0.05, 0) is 43.0 Å². The molecule has 2 fully saturated rings. The number of aromatic amines is 1. The molecule has 0 bridgehead atoms. The lowest BCUT2D eigenvalue weighted by Crippen LogP contribution is -2.34. The van der Waals surface area contributed by atoms with Crippen LogP contribution in [0.15, 0.2) is 24.3 Å². The minimum Gasteiger partial charge on any atom is -0.456 e. The molecule has 5 rings (SSSR count). The van der Waals surface area contributed by atoms with Gasteiger partial charge in [0, 0.05) is 12.2 Å². The van der Waals surface area contributed by atoms with Crippen LogP contribution in [0.25, 0.3) is 17.2 Å². The Hall–Kier alpha value is -2.63. The van der Waals surface area contributed by atoms with Gasteiger partial charge in [0.1, 0.15) is 29.9 Å². The summed E-state index contributed by atoms with van der Waals surface area (Å²) in [6.07, 6.45) is 1.97. The van der Waals surface area contributed by atoms with E-state index in [1.807, 2.05) is 0 Å². The standard InChI is InChI=1S/C24H24ClF2N3O5/c25-14-9-18-23(30-24(29-18)35-20-11-34-21-19(32)10-33-22(20)21)28-17(14)5-4-13-15(26)7-12(8-16(13)27)3-1-2-6-31/h1,3,7-9,19-22,31-32H,2,4-6,10-11H2,(H,28,29,30)/b3-1+/t19-,20-,21-,22-/m1/s1. The minimum absolute atomic E-state index is 0.0319. The van der Waals surface area contributed by atoms with Gasteiger partial charge in [-0.2, -0.15) is 4.98 Å². The average molecular weight is 508 g/mol. The van der Waals surface area contributed by atoms with E-state index >= 15 is 0 Å². The molecule has 0 radical (unpaired) electrons. The maximum absolute atomic E-state index is 14.5. The number of H-pyrrole nitrogens is 1. The molecule has 4 atom stereocenters. The fraction of sp³-hybridized carbons (Fsp3) is 0.417. The van der Waals surface area contributed by atoms with E-state index < -0.39 is 29.9 Å². The molecule has 2 saturated heterocycles. The molecule has 2 aliphatic rings. The topological polar surface area (TPSA) is 110 Å². The summed E-state index contributed by atoms with van der Waals surface area (Å²) in [6.45, 7) is 0.423. The van der Waals surface area contributed by atoms with Crippen molar-refractivity contribution in [3.8, 4) is 6.01 Å². The van der Waals surface area contributed by atoms with E-state index in [9.17, 15) is 13.9 Å². The van der Waals surface area contributed by atoms with Gasteiger partial charge >= 0.3 is 0 Å². The van der Waals surface area contributed by atoms with Gasteiger partial charge in [0.05, 0.1) is 29.4 Å². The Morgan fingerprint density at radius 1 is 1.11 bits per heavy atom. The Balaban J connectivity index is 1.29. The van der Waals surface area contributed by atoms with E-state index in [1.165, 1.54) is 12.1 Å². The number of hydrogen-bond acceptors (Lipinski definition) is 7. The highest BCUT2D eigenvalue weighted by molar-refractivity contribution is 6.31. The first-order chi connectivity index (χ1) is 16.9. The van der Waals surface area contributed by atoms with Crippen molar-refractivity contribution in [3.05, 3.63) is 57.8 Å². The first-order valence-corrected chi connectivity index (χ1v) is 11.7. The van der Waals surface area contributed by atoms with Gasteiger partial charge < -0.3 is 29.4 Å². The summed E-state index contributed by atoms with van der Waals surface area (Å²) < 4.78 is 46.1. The van der Waals surface area contributed by atoms with E-state index in [0.717, 1.165) is 0 Å². The van der Waals surface area contributed by atoms with Gasteiger partial charge in [-0.15, -0.1) is 0 Å². The lowest BCUT2D eigenvalue weighted by atomic mass is 10.0. The van der Waals surface area contributed by atoms with Crippen molar-refractivity contribution in [3.63, 3.8) is 0 Å². The molecule has 1 aromatic carbocycles. The second-order valence-electron chi connectivity index (χ2n) is 8.53. The third-order valence-electron chi connectivity index (χ3n) is 6.10. The molecule has 0 saturated carbocycles. The van der Waals surface area contributed by atoms with Gasteiger partial charge in [0.25, 0.3) is 6.01 Å². The molecule has 186 valence electrons. The summed E-state index contributed by atoms with van der Waals surface area (Å²) in [4.78, 5) is 11.8. The average Bonchev–Trinajstić information content (AvgIpc) is 3.50. The molecule has 11 heteroatoms. The Labute approximate surface area is 204 Å². The number of nitrogens with zero attached hydrogens (tertiary/aromatic N) is 2. The summed E-state index contributed by atoms with van der Waals surface area (Å²) in [5.41, 5.74) is 1.69. The van der Waals surface area contributed by atoms with Crippen molar-refractivity contribution < 1.29 is 33.2 Å². The number of pyridine rings is 1. The molecule has 4 heterocycles. The molecule has 2 aromatic heterocycles. The first kappa shape index (κ1) is 24.1. The van der Waals surface area contributed by atoms with Crippen LogP contribution in [0.2, 0.25) is 5.02 Å². The van der Waals surface area contributed by atoms with Crippen molar-refractivity contribution >= 4 is 28.8 Å². The van der Waals surface area contributed by atoms with Crippen molar-refractivity contribution in [2.75, 3.05) is 19.8 Å². The Bertz CT molecular complexity index is 1230. The normalized spacial score (nSPS) is 24.0. The number of nitrogens with one attached hydrogen (secondary N) is 1. The maximum atomic E-state index is 14.5. The summed E-state index contributed by atoms with van der Waals surface area (Å²) in [5.74, 6) is -1.31. The Morgan fingerprint density at radius 2 is 1.89 bits per heavy atom. The van der Waals surface area contributed by atoms with Gasteiger partial charge in [-0.1, -0.05) is 23.8 Å².